The van der Waals surface area contributed by atoms with Gasteiger partial charge >= 0.3 is 0 Å². The van der Waals surface area contributed by atoms with E-state index in [-0.39, 0.29) is 10.9 Å². The number of hydrogen-bond donors (Lipinski definition) is 0. The predicted molar refractivity (Wildman–Crippen MR) is 58.1 cm³/mol. The van der Waals surface area contributed by atoms with Crippen molar-refractivity contribution in [3.05, 3.63) is 35.9 Å². The highest BCUT2D eigenvalue weighted by Gasteiger charge is 1.93. The van der Waals surface area contributed by atoms with Crippen LogP contribution in [0.4, 0.5) is 0 Å². The molecular formula is C11H11O2S-. The van der Waals surface area contributed by atoms with Crippen LogP contribution >= 0.6 is 11.8 Å². The summed E-state index contributed by atoms with van der Waals surface area (Å²) in [4.78, 5) is 11.1. The molecule has 0 bridgehead atoms. The third-order valence-corrected chi connectivity index (χ3v) is 2.29. The highest BCUT2D eigenvalue weighted by atomic mass is 32.2. The van der Waals surface area contributed by atoms with Gasteiger partial charge in [0.05, 0.1) is 0 Å². The van der Waals surface area contributed by atoms with Crippen molar-refractivity contribution in [2.75, 3.05) is 5.75 Å². The molecule has 0 unspecified atom stereocenters. The minimum atomic E-state index is -0.0172. The van der Waals surface area contributed by atoms with Crippen molar-refractivity contribution in [1.29, 1.82) is 0 Å². The zero-order valence-electron chi connectivity index (χ0n) is 7.90. The van der Waals surface area contributed by atoms with E-state index in [2.05, 4.69) is 0 Å². The van der Waals surface area contributed by atoms with E-state index >= 15 is 0 Å². The topological polar surface area (TPSA) is 40.1 Å². The molecule has 0 aliphatic carbocycles. The van der Waals surface area contributed by atoms with Gasteiger partial charge in [-0.25, -0.2) is 0 Å². The summed E-state index contributed by atoms with van der Waals surface area (Å²) in [5.74, 6) is 0.763. The summed E-state index contributed by atoms with van der Waals surface area (Å²) in [6, 6.07) is 6.36. The fourth-order valence-electron chi connectivity index (χ4n) is 0.934. The molecule has 74 valence electrons. The molecule has 0 spiro atoms. The quantitative estimate of drug-likeness (QED) is 0.712. The van der Waals surface area contributed by atoms with Crippen LogP contribution in [0.15, 0.2) is 30.3 Å². The van der Waals surface area contributed by atoms with Crippen LogP contribution in [-0.4, -0.2) is 10.9 Å². The zero-order valence-corrected chi connectivity index (χ0v) is 8.71. The molecular weight excluding hydrogens is 196 g/mol. The average molecular weight is 207 g/mol. The van der Waals surface area contributed by atoms with Crippen LogP contribution in [0, 0.1) is 0 Å². The SMILES string of the molecule is CCSC(=O)/C=C/c1ccc([O-])cc1. The molecule has 0 fully saturated rings. The maximum atomic E-state index is 11.1. The molecule has 0 radical (unpaired) electrons. The second-order valence-corrected chi connectivity index (χ2v) is 3.92. The molecule has 0 aliphatic rings. The number of carbonyl (C=O) groups excluding carboxylic acids is 1. The Balaban J connectivity index is 2.60. The fraction of sp³-hybridized carbons (Fsp3) is 0.182. The molecule has 1 aromatic rings. The van der Waals surface area contributed by atoms with Gasteiger partial charge in [-0.15, -0.1) is 5.75 Å². The molecule has 0 saturated carbocycles. The normalized spacial score (nSPS) is 10.6. The molecule has 14 heavy (non-hydrogen) atoms. The van der Waals surface area contributed by atoms with Gasteiger partial charge in [0, 0.05) is 0 Å². The van der Waals surface area contributed by atoms with Crippen LogP contribution in [0.1, 0.15) is 12.5 Å². The van der Waals surface area contributed by atoms with Gasteiger partial charge in [0.25, 0.3) is 0 Å². The zero-order chi connectivity index (χ0) is 10.4. The summed E-state index contributed by atoms with van der Waals surface area (Å²) < 4.78 is 0. The Bertz CT molecular complexity index is 328. The number of benzene rings is 1. The van der Waals surface area contributed by atoms with Crippen molar-refractivity contribution in [3.8, 4) is 5.75 Å². The van der Waals surface area contributed by atoms with Gasteiger partial charge in [-0.05, 0) is 17.4 Å². The largest absolute Gasteiger partial charge is 0.872 e. The number of carbonyl (C=O) groups is 1. The Morgan fingerprint density at radius 2 is 2.07 bits per heavy atom. The lowest BCUT2D eigenvalue weighted by Crippen LogP contribution is -1.88. The Kier molecular flexibility index (Phi) is 4.26. The summed E-state index contributed by atoms with van der Waals surface area (Å²) in [7, 11) is 0. The summed E-state index contributed by atoms with van der Waals surface area (Å²) in [5, 5.41) is 10.8. The smallest absolute Gasteiger partial charge is 0.212 e. The number of hydrogen-bond acceptors (Lipinski definition) is 3. The van der Waals surface area contributed by atoms with Crippen LogP contribution in [0.25, 0.3) is 6.08 Å². The van der Waals surface area contributed by atoms with Crippen molar-refractivity contribution in [1.82, 2.24) is 0 Å². The van der Waals surface area contributed by atoms with Crippen LogP contribution in [-0.2, 0) is 4.79 Å². The van der Waals surface area contributed by atoms with Crippen molar-refractivity contribution in [2.45, 2.75) is 6.92 Å². The van der Waals surface area contributed by atoms with E-state index in [0.29, 0.717) is 0 Å². The van der Waals surface area contributed by atoms with Crippen molar-refractivity contribution < 1.29 is 9.90 Å². The summed E-state index contributed by atoms with van der Waals surface area (Å²) in [6.07, 6.45) is 3.23. The van der Waals surface area contributed by atoms with Crippen molar-refractivity contribution in [3.63, 3.8) is 0 Å². The molecule has 0 saturated heterocycles. The summed E-state index contributed by atoms with van der Waals surface area (Å²) in [6.45, 7) is 1.93. The molecule has 1 aromatic carbocycles. The molecule has 0 atom stereocenters. The molecule has 0 aromatic heterocycles. The third-order valence-electron chi connectivity index (χ3n) is 1.58. The predicted octanol–water partition coefficient (Wildman–Crippen LogP) is 2.05. The monoisotopic (exact) mass is 207 g/mol. The number of thioether (sulfide) groups is 1. The molecule has 0 aliphatic heterocycles. The second kappa shape index (κ2) is 5.50. The van der Waals surface area contributed by atoms with Gasteiger partial charge < -0.3 is 5.11 Å². The van der Waals surface area contributed by atoms with Crippen LogP contribution in [0.5, 0.6) is 5.75 Å². The van der Waals surface area contributed by atoms with Gasteiger partial charge in [0.1, 0.15) is 0 Å². The Morgan fingerprint density at radius 1 is 1.43 bits per heavy atom. The molecule has 0 heterocycles. The van der Waals surface area contributed by atoms with Crippen molar-refractivity contribution >= 4 is 23.0 Å². The van der Waals surface area contributed by atoms with Crippen LogP contribution in [0.3, 0.4) is 0 Å². The molecule has 0 amide bonds. The third kappa shape index (κ3) is 3.66. The van der Waals surface area contributed by atoms with Gasteiger partial charge in [-0.2, -0.15) is 0 Å². The highest BCUT2D eigenvalue weighted by molar-refractivity contribution is 8.14. The highest BCUT2D eigenvalue weighted by Crippen LogP contribution is 2.09. The van der Waals surface area contributed by atoms with E-state index in [0.717, 1.165) is 11.3 Å². The van der Waals surface area contributed by atoms with Gasteiger partial charge in [-0.3, -0.25) is 4.79 Å². The molecule has 3 heteroatoms. The first-order chi connectivity index (χ1) is 6.72. The second-order valence-electron chi connectivity index (χ2n) is 2.65. The van der Waals surface area contributed by atoms with Crippen molar-refractivity contribution in [2.24, 2.45) is 0 Å². The minimum absolute atomic E-state index is 0.0172. The van der Waals surface area contributed by atoms with E-state index in [9.17, 15) is 9.90 Å². The fourth-order valence-corrected chi connectivity index (χ4v) is 1.38. The lowest BCUT2D eigenvalue weighted by atomic mass is 10.2. The van der Waals surface area contributed by atoms with Gasteiger partial charge in [0.15, 0.2) is 0 Å². The van der Waals surface area contributed by atoms with E-state index in [1.165, 1.54) is 30.0 Å². The first kappa shape index (κ1) is 10.9. The van der Waals surface area contributed by atoms with E-state index in [1.807, 2.05) is 6.92 Å². The summed E-state index contributed by atoms with van der Waals surface area (Å²) >= 11 is 1.27. The molecule has 1 rings (SSSR count). The maximum Gasteiger partial charge on any atom is 0.212 e. The first-order valence-corrected chi connectivity index (χ1v) is 5.33. The van der Waals surface area contributed by atoms with Crippen LogP contribution in [0.2, 0.25) is 0 Å². The molecule has 2 nitrogen and oxygen atoms in total. The van der Waals surface area contributed by atoms with E-state index in [1.54, 1.807) is 18.2 Å². The minimum Gasteiger partial charge on any atom is -0.872 e. The average Bonchev–Trinajstić information content (AvgIpc) is 2.17. The summed E-state index contributed by atoms with van der Waals surface area (Å²) in [5.41, 5.74) is 0.870. The van der Waals surface area contributed by atoms with E-state index in [4.69, 9.17) is 0 Å². The Morgan fingerprint density at radius 3 is 2.64 bits per heavy atom. The first-order valence-electron chi connectivity index (χ1n) is 4.34. The van der Waals surface area contributed by atoms with E-state index < -0.39 is 0 Å². The Hall–Kier alpha value is -1.22. The standard InChI is InChI=1S/C11H12O2S/c1-2-14-11(13)8-5-9-3-6-10(12)7-4-9/h3-8,12H,2H2,1H3/p-1/b8-5+. The van der Waals surface area contributed by atoms with Gasteiger partial charge in [0.2, 0.25) is 5.12 Å². The number of rotatable bonds is 3. The van der Waals surface area contributed by atoms with Crippen LogP contribution < -0.4 is 5.11 Å². The lowest BCUT2D eigenvalue weighted by Gasteiger charge is -2.02. The molecule has 0 N–H and O–H groups in total. The lowest BCUT2D eigenvalue weighted by molar-refractivity contribution is -0.268. The van der Waals surface area contributed by atoms with Gasteiger partial charge in [-0.1, -0.05) is 49.0 Å². The maximum absolute atomic E-state index is 11.1. The Labute approximate surface area is 87.6 Å².